The number of benzene rings is 1. The largest absolute Gasteiger partial charge is 0.310 e. The van der Waals surface area contributed by atoms with Crippen LogP contribution in [-0.2, 0) is 6.54 Å². The summed E-state index contributed by atoms with van der Waals surface area (Å²) >= 11 is 0. The van der Waals surface area contributed by atoms with Gasteiger partial charge in [0, 0.05) is 24.2 Å². The molecule has 3 rings (SSSR count). The highest BCUT2D eigenvalue weighted by Gasteiger charge is 2.24. The molecule has 0 aliphatic heterocycles. The van der Waals surface area contributed by atoms with Crippen molar-refractivity contribution >= 4 is 10.9 Å². The molecule has 0 saturated heterocycles. The van der Waals surface area contributed by atoms with Crippen molar-refractivity contribution in [1.82, 2.24) is 10.3 Å². The van der Waals surface area contributed by atoms with E-state index in [1.807, 2.05) is 12.3 Å². The fraction of sp³-hybridized carbons (Fsp3) is 0.500. The van der Waals surface area contributed by atoms with Gasteiger partial charge in [0.25, 0.3) is 0 Å². The van der Waals surface area contributed by atoms with E-state index in [-0.39, 0.29) is 0 Å². The van der Waals surface area contributed by atoms with E-state index in [1.165, 1.54) is 30.2 Å². The standard InChI is InChI=1S/C18H24N2/c1-13-8-9-14(2)17(11-13)20-12-16-6-3-5-15-7-4-10-19-18(15)16/h3-7,10,13-14,17,20H,8-9,11-12H2,1-2H3. The fourth-order valence-electron chi connectivity index (χ4n) is 3.37. The van der Waals surface area contributed by atoms with Gasteiger partial charge in [0.15, 0.2) is 0 Å². The average molecular weight is 268 g/mol. The molecule has 20 heavy (non-hydrogen) atoms. The van der Waals surface area contributed by atoms with Gasteiger partial charge in [-0.2, -0.15) is 0 Å². The van der Waals surface area contributed by atoms with E-state index in [4.69, 9.17) is 0 Å². The number of hydrogen-bond donors (Lipinski definition) is 1. The maximum Gasteiger partial charge on any atom is 0.0746 e. The predicted molar refractivity (Wildman–Crippen MR) is 84.5 cm³/mol. The van der Waals surface area contributed by atoms with Crippen molar-refractivity contribution in [1.29, 1.82) is 0 Å². The Morgan fingerprint density at radius 2 is 2.00 bits per heavy atom. The van der Waals surface area contributed by atoms with Crippen molar-refractivity contribution in [3.05, 3.63) is 42.1 Å². The highest BCUT2D eigenvalue weighted by atomic mass is 14.9. The Labute approximate surface area is 121 Å². The van der Waals surface area contributed by atoms with Gasteiger partial charge in [-0.3, -0.25) is 4.98 Å². The zero-order valence-corrected chi connectivity index (χ0v) is 12.5. The number of pyridine rings is 1. The first-order chi connectivity index (χ1) is 9.74. The van der Waals surface area contributed by atoms with Crippen LogP contribution in [0.2, 0.25) is 0 Å². The molecule has 0 amide bonds. The molecular weight excluding hydrogens is 244 g/mol. The van der Waals surface area contributed by atoms with Gasteiger partial charge in [-0.05, 0) is 36.3 Å². The molecule has 0 bridgehead atoms. The summed E-state index contributed by atoms with van der Waals surface area (Å²) < 4.78 is 0. The van der Waals surface area contributed by atoms with Crippen LogP contribution < -0.4 is 5.32 Å². The van der Waals surface area contributed by atoms with Gasteiger partial charge >= 0.3 is 0 Å². The molecule has 106 valence electrons. The molecule has 1 aromatic carbocycles. The summed E-state index contributed by atoms with van der Waals surface area (Å²) in [6.45, 7) is 5.68. The Kier molecular flexibility index (Phi) is 4.02. The van der Waals surface area contributed by atoms with Crippen molar-refractivity contribution < 1.29 is 0 Å². The van der Waals surface area contributed by atoms with E-state index in [1.54, 1.807) is 0 Å². The maximum absolute atomic E-state index is 4.54. The highest BCUT2D eigenvalue weighted by molar-refractivity contribution is 5.81. The lowest BCUT2D eigenvalue weighted by molar-refractivity contribution is 0.227. The molecule has 1 aliphatic carbocycles. The van der Waals surface area contributed by atoms with Crippen molar-refractivity contribution in [2.45, 2.75) is 45.7 Å². The van der Waals surface area contributed by atoms with Crippen LogP contribution in [0.1, 0.15) is 38.7 Å². The van der Waals surface area contributed by atoms with Gasteiger partial charge in [0.2, 0.25) is 0 Å². The molecule has 2 aromatic rings. The Balaban J connectivity index is 1.73. The van der Waals surface area contributed by atoms with E-state index in [2.05, 4.69) is 48.4 Å². The average Bonchev–Trinajstić information content (AvgIpc) is 2.48. The molecule has 1 saturated carbocycles. The number of nitrogens with one attached hydrogen (secondary N) is 1. The number of para-hydroxylation sites is 1. The number of rotatable bonds is 3. The van der Waals surface area contributed by atoms with Gasteiger partial charge in [0.1, 0.15) is 0 Å². The van der Waals surface area contributed by atoms with Crippen molar-refractivity contribution in [2.24, 2.45) is 11.8 Å². The lowest BCUT2D eigenvalue weighted by Gasteiger charge is -2.33. The maximum atomic E-state index is 4.54. The minimum Gasteiger partial charge on any atom is -0.310 e. The zero-order chi connectivity index (χ0) is 13.9. The summed E-state index contributed by atoms with van der Waals surface area (Å²) in [4.78, 5) is 4.54. The fourth-order valence-corrected chi connectivity index (χ4v) is 3.37. The molecule has 2 heteroatoms. The zero-order valence-electron chi connectivity index (χ0n) is 12.5. The second-order valence-corrected chi connectivity index (χ2v) is 6.38. The normalized spacial score (nSPS) is 26.8. The Morgan fingerprint density at radius 3 is 2.90 bits per heavy atom. The molecular formula is C18H24N2. The second kappa shape index (κ2) is 5.92. The minimum atomic E-state index is 0.651. The second-order valence-electron chi connectivity index (χ2n) is 6.38. The van der Waals surface area contributed by atoms with Crippen LogP contribution in [0.4, 0.5) is 0 Å². The van der Waals surface area contributed by atoms with Crippen LogP contribution >= 0.6 is 0 Å². The van der Waals surface area contributed by atoms with Crippen LogP contribution in [-0.4, -0.2) is 11.0 Å². The molecule has 1 aliphatic rings. The highest BCUT2D eigenvalue weighted by Crippen LogP contribution is 2.28. The van der Waals surface area contributed by atoms with Crippen LogP contribution in [0.25, 0.3) is 10.9 Å². The Bertz CT molecular complexity index is 573. The summed E-state index contributed by atoms with van der Waals surface area (Å²) in [5, 5.41) is 5.00. The molecule has 1 fully saturated rings. The molecule has 3 unspecified atom stereocenters. The number of fused-ring (bicyclic) bond motifs is 1. The quantitative estimate of drug-likeness (QED) is 0.904. The Hall–Kier alpha value is -1.41. The van der Waals surface area contributed by atoms with E-state index < -0.39 is 0 Å². The van der Waals surface area contributed by atoms with Crippen LogP contribution in [0.3, 0.4) is 0 Å². The summed E-state index contributed by atoms with van der Waals surface area (Å²) in [7, 11) is 0. The predicted octanol–water partition coefficient (Wildman–Crippen LogP) is 4.15. The SMILES string of the molecule is CC1CCC(C)C(NCc2cccc3cccnc23)C1. The first kappa shape index (κ1) is 13.6. The monoisotopic (exact) mass is 268 g/mol. The van der Waals surface area contributed by atoms with E-state index in [0.717, 1.165) is 23.9 Å². The summed E-state index contributed by atoms with van der Waals surface area (Å²) in [5.41, 5.74) is 2.45. The van der Waals surface area contributed by atoms with Crippen LogP contribution in [0.15, 0.2) is 36.5 Å². The summed E-state index contributed by atoms with van der Waals surface area (Å²) in [6, 6.07) is 11.3. The van der Waals surface area contributed by atoms with Crippen molar-refractivity contribution in [3.63, 3.8) is 0 Å². The molecule has 1 aromatic heterocycles. The lowest BCUT2D eigenvalue weighted by Crippen LogP contribution is -2.39. The van der Waals surface area contributed by atoms with E-state index in [0.29, 0.717) is 6.04 Å². The number of nitrogens with zero attached hydrogens (tertiary/aromatic N) is 1. The van der Waals surface area contributed by atoms with Crippen molar-refractivity contribution in [3.8, 4) is 0 Å². The first-order valence-electron chi connectivity index (χ1n) is 7.80. The van der Waals surface area contributed by atoms with Gasteiger partial charge in [0.05, 0.1) is 5.52 Å². The molecule has 2 nitrogen and oxygen atoms in total. The van der Waals surface area contributed by atoms with Crippen LogP contribution in [0.5, 0.6) is 0 Å². The molecule has 0 radical (unpaired) electrons. The van der Waals surface area contributed by atoms with Crippen molar-refractivity contribution in [2.75, 3.05) is 0 Å². The smallest absolute Gasteiger partial charge is 0.0746 e. The summed E-state index contributed by atoms with van der Waals surface area (Å²) in [6.07, 6.45) is 5.93. The summed E-state index contributed by atoms with van der Waals surface area (Å²) in [5.74, 6) is 1.64. The Morgan fingerprint density at radius 1 is 1.15 bits per heavy atom. The third-order valence-electron chi connectivity index (χ3n) is 4.73. The molecule has 1 N–H and O–H groups in total. The molecule has 3 atom stereocenters. The number of hydrogen-bond acceptors (Lipinski definition) is 2. The van der Waals surface area contributed by atoms with E-state index >= 15 is 0 Å². The van der Waals surface area contributed by atoms with Gasteiger partial charge in [-0.1, -0.05) is 44.5 Å². The van der Waals surface area contributed by atoms with Gasteiger partial charge in [-0.15, -0.1) is 0 Å². The van der Waals surface area contributed by atoms with E-state index in [9.17, 15) is 0 Å². The minimum absolute atomic E-state index is 0.651. The first-order valence-corrected chi connectivity index (χ1v) is 7.80. The number of aromatic nitrogens is 1. The third kappa shape index (κ3) is 2.85. The lowest BCUT2D eigenvalue weighted by atomic mass is 9.80. The van der Waals surface area contributed by atoms with Crippen LogP contribution in [0, 0.1) is 11.8 Å². The molecule has 1 heterocycles. The topological polar surface area (TPSA) is 24.9 Å². The van der Waals surface area contributed by atoms with Gasteiger partial charge in [-0.25, -0.2) is 0 Å². The van der Waals surface area contributed by atoms with Gasteiger partial charge < -0.3 is 5.32 Å². The third-order valence-corrected chi connectivity index (χ3v) is 4.73. The molecule has 0 spiro atoms.